The molecule has 5 rings (SSSR count). The van der Waals surface area contributed by atoms with Gasteiger partial charge in [0.05, 0.1) is 0 Å². The highest BCUT2D eigenvalue weighted by atomic mass is 16.6. The minimum atomic E-state index is -0.343. The van der Waals surface area contributed by atoms with Gasteiger partial charge in [-0.2, -0.15) is 0 Å². The average molecular weight is 546 g/mol. The van der Waals surface area contributed by atoms with Crippen molar-refractivity contribution in [3.05, 3.63) is 70.3 Å². The summed E-state index contributed by atoms with van der Waals surface area (Å²) in [6, 6.07) is 14.9. The van der Waals surface area contributed by atoms with E-state index >= 15 is 0 Å². The fraction of sp³-hybridized carbons (Fsp3) is 0.588. The molecule has 0 saturated carbocycles. The van der Waals surface area contributed by atoms with E-state index in [1.807, 2.05) is 54.0 Å². The number of hydrogen-bond donors (Lipinski definition) is 0. The molecular formula is C34H47N3O3. The average Bonchev–Trinajstić information content (AvgIpc) is 2.95. The van der Waals surface area contributed by atoms with Gasteiger partial charge in [0, 0.05) is 69.6 Å². The van der Waals surface area contributed by atoms with Crippen molar-refractivity contribution in [2.45, 2.75) is 90.8 Å². The minimum Gasteiger partial charge on any atom is -0.442 e. The van der Waals surface area contributed by atoms with Crippen molar-refractivity contribution in [2.75, 3.05) is 32.7 Å². The minimum absolute atomic E-state index is 0.150. The van der Waals surface area contributed by atoms with Gasteiger partial charge in [0.2, 0.25) is 0 Å². The van der Waals surface area contributed by atoms with Crippen LogP contribution in [0.3, 0.4) is 0 Å². The lowest BCUT2D eigenvalue weighted by atomic mass is 9.75. The molecule has 2 aromatic carbocycles. The van der Waals surface area contributed by atoms with Gasteiger partial charge in [-0.05, 0) is 62.3 Å². The van der Waals surface area contributed by atoms with Crippen molar-refractivity contribution in [3.63, 3.8) is 0 Å². The highest BCUT2D eigenvalue weighted by Gasteiger charge is 2.50. The van der Waals surface area contributed by atoms with E-state index in [0.717, 1.165) is 87.9 Å². The summed E-state index contributed by atoms with van der Waals surface area (Å²) in [5.41, 5.74) is 5.06. The molecule has 2 amide bonds. The van der Waals surface area contributed by atoms with E-state index in [-0.39, 0.29) is 17.6 Å². The van der Waals surface area contributed by atoms with Crippen LogP contribution in [-0.2, 0) is 11.3 Å². The van der Waals surface area contributed by atoms with Crippen molar-refractivity contribution in [1.29, 1.82) is 0 Å². The number of benzene rings is 2. The number of rotatable bonds is 7. The summed E-state index contributed by atoms with van der Waals surface area (Å²) in [5.74, 6) is 0.544. The van der Waals surface area contributed by atoms with E-state index in [0.29, 0.717) is 18.5 Å². The van der Waals surface area contributed by atoms with E-state index in [2.05, 4.69) is 30.9 Å². The monoisotopic (exact) mass is 545 g/mol. The van der Waals surface area contributed by atoms with Crippen LogP contribution in [0.2, 0.25) is 0 Å². The van der Waals surface area contributed by atoms with Gasteiger partial charge in [-0.1, -0.05) is 62.2 Å². The molecule has 0 bridgehead atoms. The highest BCUT2D eigenvalue weighted by Crippen LogP contribution is 2.42. The first-order chi connectivity index (χ1) is 19.3. The van der Waals surface area contributed by atoms with Crippen molar-refractivity contribution in [2.24, 2.45) is 5.92 Å². The molecule has 0 N–H and O–H groups in total. The van der Waals surface area contributed by atoms with Crippen LogP contribution < -0.4 is 0 Å². The predicted octanol–water partition coefficient (Wildman–Crippen LogP) is 6.51. The van der Waals surface area contributed by atoms with Crippen LogP contribution in [0, 0.1) is 26.7 Å². The van der Waals surface area contributed by atoms with Crippen molar-refractivity contribution >= 4 is 12.0 Å². The number of amides is 2. The highest BCUT2D eigenvalue weighted by molar-refractivity contribution is 5.97. The number of likely N-dealkylation sites (tertiary alicyclic amines) is 2. The molecule has 3 fully saturated rings. The van der Waals surface area contributed by atoms with Crippen LogP contribution >= 0.6 is 0 Å². The Balaban J connectivity index is 1.19. The summed E-state index contributed by atoms with van der Waals surface area (Å²) in [7, 11) is 0. The first kappa shape index (κ1) is 28.7. The summed E-state index contributed by atoms with van der Waals surface area (Å²) >= 11 is 0. The van der Waals surface area contributed by atoms with Crippen LogP contribution in [0.5, 0.6) is 0 Å². The van der Waals surface area contributed by atoms with Gasteiger partial charge >= 0.3 is 6.09 Å². The molecule has 3 aliphatic rings. The van der Waals surface area contributed by atoms with Crippen LogP contribution in [0.25, 0.3) is 0 Å². The Bertz CT molecular complexity index is 1170. The fourth-order valence-electron chi connectivity index (χ4n) is 7.28. The second kappa shape index (κ2) is 12.3. The third kappa shape index (κ3) is 5.93. The Morgan fingerprint density at radius 2 is 1.57 bits per heavy atom. The molecular weight excluding hydrogens is 498 g/mol. The number of hydrogen-bond acceptors (Lipinski definition) is 4. The first-order valence-corrected chi connectivity index (χ1v) is 15.4. The molecule has 3 saturated heterocycles. The maximum absolute atomic E-state index is 13.3. The van der Waals surface area contributed by atoms with Gasteiger partial charge in [0.25, 0.3) is 5.91 Å². The standard InChI is InChI=1S/C34H47N3O3/c1-5-6-14-29-24-37(23-28-13-8-7-10-25(28)2)33(39)40-34(29)17-21-35(22-18-34)30-15-19-36(20-16-30)32(38)31-26(3)11-9-12-27(31)4/h7-13,29-30H,5-6,14-24H2,1-4H3. The number of carbonyl (C=O) groups excluding carboxylic acids is 2. The van der Waals surface area contributed by atoms with E-state index in [4.69, 9.17) is 4.74 Å². The molecule has 0 radical (unpaired) electrons. The quantitative estimate of drug-likeness (QED) is 0.398. The van der Waals surface area contributed by atoms with Gasteiger partial charge in [0.15, 0.2) is 0 Å². The molecule has 3 aliphatic heterocycles. The Morgan fingerprint density at radius 3 is 2.23 bits per heavy atom. The maximum atomic E-state index is 13.3. The van der Waals surface area contributed by atoms with Gasteiger partial charge in [0.1, 0.15) is 5.60 Å². The molecule has 6 nitrogen and oxygen atoms in total. The van der Waals surface area contributed by atoms with E-state index in [1.54, 1.807) is 0 Å². The second-order valence-corrected chi connectivity index (χ2v) is 12.4. The zero-order valence-corrected chi connectivity index (χ0v) is 25.0. The lowest BCUT2D eigenvalue weighted by Crippen LogP contribution is -2.61. The topological polar surface area (TPSA) is 53.1 Å². The van der Waals surface area contributed by atoms with Gasteiger partial charge in [-0.25, -0.2) is 4.79 Å². The number of piperidine rings is 2. The number of carbonyl (C=O) groups is 2. The first-order valence-electron chi connectivity index (χ1n) is 15.4. The molecule has 2 aromatic rings. The molecule has 3 heterocycles. The van der Waals surface area contributed by atoms with Gasteiger partial charge in [-0.3, -0.25) is 9.69 Å². The summed E-state index contributed by atoms with van der Waals surface area (Å²) in [6.07, 6.45) is 7.11. The van der Waals surface area contributed by atoms with Crippen LogP contribution in [-0.4, -0.2) is 71.1 Å². The predicted molar refractivity (Wildman–Crippen MR) is 159 cm³/mol. The number of nitrogens with zero attached hydrogens (tertiary/aromatic N) is 3. The third-order valence-corrected chi connectivity index (χ3v) is 9.87. The Labute approximate surface area is 240 Å². The largest absolute Gasteiger partial charge is 0.442 e. The molecule has 216 valence electrons. The zero-order valence-electron chi connectivity index (χ0n) is 25.0. The molecule has 6 heteroatoms. The fourth-order valence-corrected chi connectivity index (χ4v) is 7.28. The Hall–Kier alpha value is -2.86. The van der Waals surface area contributed by atoms with E-state index in [1.165, 1.54) is 17.5 Å². The molecule has 1 unspecified atom stereocenters. The third-order valence-electron chi connectivity index (χ3n) is 9.87. The van der Waals surface area contributed by atoms with Crippen LogP contribution in [0.1, 0.15) is 84.5 Å². The number of unbranched alkanes of at least 4 members (excludes halogenated alkanes) is 1. The van der Waals surface area contributed by atoms with Crippen molar-refractivity contribution in [3.8, 4) is 0 Å². The lowest BCUT2D eigenvalue weighted by molar-refractivity contribution is -0.127. The normalized spacial score (nSPS) is 22.0. The van der Waals surface area contributed by atoms with Gasteiger partial charge in [-0.15, -0.1) is 0 Å². The summed E-state index contributed by atoms with van der Waals surface area (Å²) in [6.45, 7) is 13.4. The maximum Gasteiger partial charge on any atom is 0.410 e. The summed E-state index contributed by atoms with van der Waals surface area (Å²) in [4.78, 5) is 33.2. The molecule has 1 atom stereocenters. The Morgan fingerprint density at radius 1 is 0.925 bits per heavy atom. The van der Waals surface area contributed by atoms with E-state index in [9.17, 15) is 9.59 Å². The summed E-state index contributed by atoms with van der Waals surface area (Å²) in [5, 5.41) is 0. The smallest absolute Gasteiger partial charge is 0.410 e. The second-order valence-electron chi connectivity index (χ2n) is 12.4. The molecule has 0 aliphatic carbocycles. The Kier molecular flexibility index (Phi) is 8.84. The van der Waals surface area contributed by atoms with E-state index < -0.39 is 0 Å². The van der Waals surface area contributed by atoms with Crippen molar-refractivity contribution < 1.29 is 14.3 Å². The zero-order chi connectivity index (χ0) is 28.3. The molecule has 40 heavy (non-hydrogen) atoms. The number of aryl methyl sites for hydroxylation is 3. The van der Waals surface area contributed by atoms with Gasteiger partial charge < -0.3 is 14.5 Å². The van der Waals surface area contributed by atoms with Crippen LogP contribution in [0.15, 0.2) is 42.5 Å². The lowest BCUT2D eigenvalue weighted by Gasteiger charge is -2.52. The molecule has 0 aromatic heterocycles. The van der Waals surface area contributed by atoms with Crippen molar-refractivity contribution in [1.82, 2.24) is 14.7 Å². The summed E-state index contributed by atoms with van der Waals surface area (Å²) < 4.78 is 6.41. The SMILES string of the molecule is CCCCC1CN(Cc2ccccc2C)C(=O)OC12CCN(C1CCN(C(=O)c3c(C)cccc3C)CC1)CC2. The van der Waals surface area contributed by atoms with Crippen LogP contribution in [0.4, 0.5) is 4.79 Å². The number of ether oxygens (including phenoxy) is 1. The molecule has 1 spiro atoms.